The lowest BCUT2D eigenvalue weighted by molar-refractivity contribution is 0.311. The third kappa shape index (κ3) is 2.64. The fourth-order valence-electron chi connectivity index (χ4n) is 2.91. The summed E-state index contributed by atoms with van der Waals surface area (Å²) in [4.78, 5) is 24.6. The van der Waals surface area contributed by atoms with Crippen LogP contribution in [0.1, 0.15) is 0 Å². The highest BCUT2D eigenvalue weighted by atomic mass is 32.1. The predicted octanol–water partition coefficient (Wildman–Crippen LogP) is 2.40. The van der Waals surface area contributed by atoms with E-state index in [2.05, 4.69) is 34.0 Å². The van der Waals surface area contributed by atoms with E-state index in [9.17, 15) is 4.79 Å². The van der Waals surface area contributed by atoms with Crippen molar-refractivity contribution in [2.75, 3.05) is 38.1 Å². The van der Waals surface area contributed by atoms with Crippen LogP contribution >= 0.6 is 11.3 Å². The lowest BCUT2D eigenvalue weighted by Crippen LogP contribution is -2.45. The van der Waals surface area contributed by atoms with E-state index in [0.29, 0.717) is 10.6 Å². The van der Waals surface area contributed by atoms with Gasteiger partial charge in [0.15, 0.2) is 0 Å². The predicted molar refractivity (Wildman–Crippen MR) is 95.4 cm³/mol. The summed E-state index contributed by atoms with van der Waals surface area (Å²) >= 11 is 1.46. The van der Waals surface area contributed by atoms with E-state index >= 15 is 0 Å². The fourth-order valence-corrected chi connectivity index (χ4v) is 3.82. The van der Waals surface area contributed by atoms with E-state index in [4.69, 9.17) is 4.98 Å². The number of piperazine rings is 1. The molecule has 0 radical (unpaired) electrons. The summed E-state index contributed by atoms with van der Waals surface area (Å²) in [5, 5.41) is 2.02. The Morgan fingerprint density at radius 3 is 2.61 bits per heavy atom. The molecule has 0 amide bonds. The quantitative estimate of drug-likeness (QED) is 0.786. The van der Waals surface area contributed by atoms with Gasteiger partial charge in [0, 0.05) is 37.1 Å². The molecule has 5 nitrogen and oxygen atoms in total. The topological polar surface area (TPSA) is 52.2 Å². The Labute approximate surface area is 138 Å². The van der Waals surface area contributed by atoms with Crippen LogP contribution in [-0.4, -0.2) is 48.1 Å². The average Bonchev–Trinajstić information content (AvgIpc) is 3.01. The third-order valence-corrected chi connectivity index (χ3v) is 5.27. The number of nitrogens with zero attached hydrogens (tertiary/aromatic N) is 3. The highest BCUT2D eigenvalue weighted by molar-refractivity contribution is 7.17. The van der Waals surface area contributed by atoms with Crippen LogP contribution < -0.4 is 10.5 Å². The highest BCUT2D eigenvalue weighted by Gasteiger charge is 2.19. The van der Waals surface area contributed by atoms with Crippen LogP contribution in [-0.2, 0) is 0 Å². The minimum absolute atomic E-state index is 0.0453. The molecule has 0 bridgehead atoms. The van der Waals surface area contributed by atoms with E-state index in [1.165, 1.54) is 11.3 Å². The first-order valence-electron chi connectivity index (χ1n) is 7.73. The number of benzene rings is 1. The molecule has 0 spiro atoms. The maximum Gasteiger partial charge on any atom is 0.270 e. The van der Waals surface area contributed by atoms with Gasteiger partial charge in [-0.15, -0.1) is 11.3 Å². The molecule has 1 saturated heterocycles. The van der Waals surface area contributed by atoms with Crippen LogP contribution in [0.5, 0.6) is 0 Å². The van der Waals surface area contributed by atoms with Gasteiger partial charge >= 0.3 is 0 Å². The zero-order valence-electron chi connectivity index (χ0n) is 13.0. The number of rotatable bonds is 2. The van der Waals surface area contributed by atoms with Crippen molar-refractivity contribution in [3.05, 3.63) is 46.1 Å². The Bertz CT molecular complexity index is 878. The van der Waals surface area contributed by atoms with Crippen LogP contribution in [0.3, 0.4) is 0 Å². The molecule has 0 atom stereocenters. The first-order valence-corrected chi connectivity index (χ1v) is 8.61. The van der Waals surface area contributed by atoms with E-state index in [0.717, 1.165) is 42.8 Å². The molecular formula is C17H18N4OS. The second kappa shape index (κ2) is 5.79. The molecule has 23 heavy (non-hydrogen) atoms. The van der Waals surface area contributed by atoms with Gasteiger partial charge in [-0.25, -0.2) is 4.98 Å². The second-order valence-corrected chi connectivity index (χ2v) is 6.75. The van der Waals surface area contributed by atoms with E-state index in [1.807, 2.05) is 23.6 Å². The number of fused-ring (bicyclic) bond motifs is 1. The number of hydrogen-bond donors (Lipinski definition) is 1. The number of aromatic amines is 1. The lowest BCUT2D eigenvalue weighted by Gasteiger charge is -2.32. The van der Waals surface area contributed by atoms with Gasteiger partial charge in [-0.3, -0.25) is 9.78 Å². The molecule has 1 aliphatic rings. The summed E-state index contributed by atoms with van der Waals surface area (Å²) in [6.07, 6.45) is 0. The summed E-state index contributed by atoms with van der Waals surface area (Å²) in [7, 11) is 2.11. The van der Waals surface area contributed by atoms with Crippen LogP contribution in [0.4, 0.5) is 5.95 Å². The maximum absolute atomic E-state index is 12.4. The third-order valence-electron chi connectivity index (χ3n) is 4.30. The summed E-state index contributed by atoms with van der Waals surface area (Å²) < 4.78 is 0.696. The molecular weight excluding hydrogens is 308 g/mol. The minimum Gasteiger partial charge on any atom is -0.340 e. The Balaban J connectivity index is 1.81. The van der Waals surface area contributed by atoms with Crippen molar-refractivity contribution >= 4 is 27.5 Å². The van der Waals surface area contributed by atoms with Gasteiger partial charge in [0.1, 0.15) is 4.70 Å². The molecule has 118 valence electrons. The minimum atomic E-state index is -0.0453. The summed E-state index contributed by atoms with van der Waals surface area (Å²) in [6, 6.07) is 10.1. The summed E-state index contributed by atoms with van der Waals surface area (Å²) in [6.45, 7) is 3.74. The van der Waals surface area contributed by atoms with E-state index in [-0.39, 0.29) is 5.56 Å². The number of thiophene rings is 1. The van der Waals surface area contributed by atoms with E-state index in [1.54, 1.807) is 0 Å². The molecule has 0 unspecified atom stereocenters. The molecule has 2 aromatic heterocycles. The molecule has 3 heterocycles. The van der Waals surface area contributed by atoms with Crippen LogP contribution in [0.15, 0.2) is 40.5 Å². The number of H-pyrrole nitrogens is 1. The first-order chi connectivity index (χ1) is 11.2. The van der Waals surface area contributed by atoms with Gasteiger partial charge in [0.05, 0.1) is 5.52 Å². The molecule has 1 N–H and O–H groups in total. The van der Waals surface area contributed by atoms with Gasteiger partial charge in [-0.05, 0) is 12.6 Å². The number of nitrogens with one attached hydrogen (secondary N) is 1. The summed E-state index contributed by atoms with van der Waals surface area (Å²) in [5.41, 5.74) is 2.89. The highest BCUT2D eigenvalue weighted by Crippen LogP contribution is 2.31. The van der Waals surface area contributed by atoms with Crippen molar-refractivity contribution in [1.82, 2.24) is 14.9 Å². The van der Waals surface area contributed by atoms with Crippen molar-refractivity contribution in [1.29, 1.82) is 0 Å². The first kappa shape index (κ1) is 14.4. The smallest absolute Gasteiger partial charge is 0.270 e. The summed E-state index contributed by atoms with van der Waals surface area (Å²) in [5.74, 6) is 0.686. The molecule has 1 aromatic carbocycles. The van der Waals surface area contributed by atoms with Gasteiger partial charge in [0.25, 0.3) is 5.56 Å². The Kier molecular flexibility index (Phi) is 3.63. The Morgan fingerprint density at radius 1 is 1.13 bits per heavy atom. The van der Waals surface area contributed by atoms with Gasteiger partial charge in [-0.1, -0.05) is 30.3 Å². The molecule has 3 aromatic rings. The average molecular weight is 326 g/mol. The van der Waals surface area contributed by atoms with Crippen LogP contribution in [0, 0.1) is 0 Å². The molecule has 0 aliphatic carbocycles. The number of anilines is 1. The maximum atomic E-state index is 12.4. The van der Waals surface area contributed by atoms with Crippen molar-refractivity contribution in [2.24, 2.45) is 0 Å². The van der Waals surface area contributed by atoms with Gasteiger partial charge in [-0.2, -0.15) is 0 Å². The zero-order valence-corrected chi connectivity index (χ0v) is 13.8. The Hall–Kier alpha value is -2.18. The fraction of sp³-hybridized carbons (Fsp3) is 0.294. The van der Waals surface area contributed by atoms with Crippen LogP contribution in [0.25, 0.3) is 21.3 Å². The Morgan fingerprint density at radius 2 is 1.87 bits per heavy atom. The monoisotopic (exact) mass is 326 g/mol. The van der Waals surface area contributed by atoms with Gasteiger partial charge in [0.2, 0.25) is 5.95 Å². The standard InChI is InChI=1S/C17H18N4OS/c1-20-7-9-21(10-8-20)17-18-14-13(12-5-3-2-4-6-12)11-23-15(14)16(22)19-17/h2-6,11H,7-10H2,1H3,(H,18,19,22). The zero-order chi connectivity index (χ0) is 15.8. The molecule has 0 saturated carbocycles. The van der Waals surface area contributed by atoms with Crippen LogP contribution in [0.2, 0.25) is 0 Å². The van der Waals surface area contributed by atoms with Crippen molar-refractivity contribution in [3.8, 4) is 11.1 Å². The molecule has 4 rings (SSSR count). The molecule has 1 fully saturated rings. The number of likely N-dealkylation sites (N-methyl/N-ethyl adjacent to an activating group) is 1. The van der Waals surface area contributed by atoms with Crippen molar-refractivity contribution in [2.45, 2.75) is 0 Å². The molecule has 1 aliphatic heterocycles. The van der Waals surface area contributed by atoms with E-state index < -0.39 is 0 Å². The SMILES string of the molecule is CN1CCN(c2nc3c(-c4ccccc4)csc3c(=O)[nH]2)CC1. The number of aromatic nitrogens is 2. The largest absolute Gasteiger partial charge is 0.340 e. The lowest BCUT2D eigenvalue weighted by atomic mass is 10.1. The van der Waals surface area contributed by atoms with Crippen molar-refractivity contribution < 1.29 is 0 Å². The van der Waals surface area contributed by atoms with Crippen molar-refractivity contribution in [3.63, 3.8) is 0 Å². The number of hydrogen-bond acceptors (Lipinski definition) is 5. The normalized spacial score (nSPS) is 16.1. The second-order valence-electron chi connectivity index (χ2n) is 5.87. The van der Waals surface area contributed by atoms with Gasteiger partial charge < -0.3 is 9.80 Å². The molecule has 6 heteroatoms.